The predicted molar refractivity (Wildman–Crippen MR) is 123 cm³/mol. The zero-order valence-corrected chi connectivity index (χ0v) is 20.4. The fourth-order valence-electron chi connectivity index (χ4n) is 7.10. The van der Waals surface area contributed by atoms with Gasteiger partial charge >= 0.3 is 11.6 Å². The molecular formula is C21H26BrN7O5. The number of aromatic nitrogens is 4. The van der Waals surface area contributed by atoms with Crippen LogP contribution in [0, 0.1) is 44.4 Å². The van der Waals surface area contributed by atoms with Crippen molar-refractivity contribution >= 4 is 33.5 Å². The Morgan fingerprint density at radius 2 is 1.91 bits per heavy atom. The van der Waals surface area contributed by atoms with E-state index in [-0.39, 0.29) is 28.5 Å². The Hall–Kier alpha value is -2.83. The molecule has 4 aliphatic carbocycles. The number of carbonyl (C=O) groups is 1. The molecule has 1 amide bonds. The van der Waals surface area contributed by atoms with Gasteiger partial charge in [0, 0.05) is 13.0 Å². The molecule has 2 unspecified atom stereocenters. The third-order valence-corrected chi connectivity index (χ3v) is 8.36. The maximum Gasteiger partial charge on any atom is 0.404 e. The maximum absolute atomic E-state index is 12.9. The van der Waals surface area contributed by atoms with Crippen molar-refractivity contribution in [1.82, 2.24) is 24.9 Å². The van der Waals surface area contributed by atoms with E-state index in [9.17, 15) is 25.0 Å². The van der Waals surface area contributed by atoms with Gasteiger partial charge < -0.3 is 25.5 Å². The molecule has 4 saturated carbocycles. The van der Waals surface area contributed by atoms with Crippen molar-refractivity contribution in [3.8, 4) is 0 Å². The molecule has 4 fully saturated rings. The molecule has 2 aromatic rings. The lowest BCUT2D eigenvalue weighted by Gasteiger charge is -2.61. The van der Waals surface area contributed by atoms with E-state index in [2.05, 4.69) is 31.4 Å². The Morgan fingerprint density at radius 1 is 1.21 bits per heavy atom. The van der Waals surface area contributed by atoms with Crippen LogP contribution in [0.3, 0.4) is 0 Å². The van der Waals surface area contributed by atoms with E-state index in [1.54, 1.807) is 17.8 Å². The van der Waals surface area contributed by atoms with Crippen LogP contribution in [0.5, 0.6) is 0 Å². The Labute approximate surface area is 203 Å². The molecule has 0 saturated heterocycles. The van der Waals surface area contributed by atoms with E-state index in [0.29, 0.717) is 41.5 Å². The number of nitrogens with one attached hydrogen (secondary N) is 1. The summed E-state index contributed by atoms with van der Waals surface area (Å²) in [7, 11) is 0. The molecular weight excluding hydrogens is 510 g/mol. The first-order valence-electron chi connectivity index (χ1n) is 11.4. The van der Waals surface area contributed by atoms with Gasteiger partial charge in [0.25, 0.3) is 0 Å². The van der Waals surface area contributed by atoms with Crippen LogP contribution in [0.4, 0.5) is 11.6 Å². The zero-order chi connectivity index (χ0) is 24.3. The van der Waals surface area contributed by atoms with Gasteiger partial charge in [-0.3, -0.25) is 4.79 Å². The monoisotopic (exact) mass is 535 g/mol. The molecule has 2 heterocycles. The minimum atomic E-state index is -0.530. The van der Waals surface area contributed by atoms with Gasteiger partial charge in [0.05, 0.1) is 40.2 Å². The Bertz CT molecular complexity index is 1160. The van der Waals surface area contributed by atoms with Crippen molar-refractivity contribution < 1.29 is 14.6 Å². The Balaban J connectivity index is 1.27. The van der Waals surface area contributed by atoms with Gasteiger partial charge in [0.2, 0.25) is 5.91 Å². The maximum atomic E-state index is 12.9. The number of hydrogen-bond donors (Lipinski definition) is 1. The minimum absolute atomic E-state index is 0.0379. The summed E-state index contributed by atoms with van der Waals surface area (Å²) in [4.78, 5) is 34.2. The van der Waals surface area contributed by atoms with Gasteiger partial charge in [-0.15, -0.1) is 0 Å². The third kappa shape index (κ3) is 3.99. The number of rotatable bonds is 8. The molecule has 0 aromatic carbocycles. The van der Waals surface area contributed by atoms with Crippen LogP contribution in [0.25, 0.3) is 0 Å². The second-order valence-corrected chi connectivity index (χ2v) is 11.2. The van der Waals surface area contributed by atoms with Crippen molar-refractivity contribution in [2.45, 2.75) is 64.0 Å². The van der Waals surface area contributed by atoms with Crippen LogP contribution in [-0.4, -0.2) is 41.9 Å². The summed E-state index contributed by atoms with van der Waals surface area (Å²) in [6.45, 7) is 2.44. The van der Waals surface area contributed by atoms with Gasteiger partial charge in [0.1, 0.15) is 4.47 Å². The minimum Gasteiger partial charge on any atom is -0.358 e. The van der Waals surface area contributed by atoms with Gasteiger partial charge in [-0.1, -0.05) is 0 Å². The number of hydrogen-bond acceptors (Lipinski definition) is 7. The van der Waals surface area contributed by atoms with Gasteiger partial charge in [-0.05, 0) is 88.5 Å². The lowest BCUT2D eigenvalue weighted by Crippen LogP contribution is -2.57. The van der Waals surface area contributed by atoms with Crippen LogP contribution in [0.1, 0.15) is 50.6 Å². The summed E-state index contributed by atoms with van der Waals surface area (Å²) in [5.74, 6) is 0.570. The van der Waals surface area contributed by atoms with Crippen molar-refractivity contribution in [1.29, 1.82) is 0 Å². The van der Waals surface area contributed by atoms with Gasteiger partial charge in [-0.2, -0.15) is 9.36 Å². The van der Waals surface area contributed by atoms with Gasteiger partial charge in [0.15, 0.2) is 0 Å². The average molecular weight is 536 g/mol. The van der Waals surface area contributed by atoms with E-state index in [1.807, 2.05) is 0 Å². The molecule has 13 heteroatoms. The smallest absolute Gasteiger partial charge is 0.358 e. The van der Waals surface area contributed by atoms with Gasteiger partial charge in [-0.25, -0.2) is 0 Å². The third-order valence-electron chi connectivity index (χ3n) is 7.80. The van der Waals surface area contributed by atoms with Crippen molar-refractivity contribution in [2.24, 2.45) is 17.3 Å². The number of nitro groups is 2. The lowest BCUT2D eigenvalue weighted by atomic mass is 9.46. The number of aryl methyl sites for hydroxylation is 1. The van der Waals surface area contributed by atoms with Crippen LogP contribution < -0.4 is 5.32 Å². The zero-order valence-electron chi connectivity index (χ0n) is 18.8. The molecule has 0 radical (unpaired) electrons. The normalized spacial score (nSPS) is 29.4. The molecule has 4 bridgehead atoms. The highest BCUT2D eigenvalue weighted by molar-refractivity contribution is 9.10. The summed E-state index contributed by atoms with van der Waals surface area (Å²) in [6, 6.07) is 1.41. The standard InChI is InChI=1S/C21H26BrN7O5/c1-13-4-17(28(31)32)24-26(13)3-2-23-18(30)10-20-6-14-5-15(7-20)9-21(8-14,12-20)27-11-16(22)19(25-27)29(33)34/h4,11,14-15H,2-3,5-10,12H2,1H3,(H,23,30). The largest absolute Gasteiger partial charge is 0.404 e. The van der Waals surface area contributed by atoms with Crippen LogP contribution in [0.2, 0.25) is 0 Å². The van der Waals surface area contributed by atoms with Crippen molar-refractivity contribution in [2.75, 3.05) is 6.54 Å². The number of nitrogens with zero attached hydrogens (tertiary/aromatic N) is 6. The van der Waals surface area contributed by atoms with E-state index in [1.165, 1.54) is 10.7 Å². The number of carbonyl (C=O) groups excluding carboxylic acids is 1. The summed E-state index contributed by atoms with van der Waals surface area (Å²) >= 11 is 3.28. The molecule has 34 heavy (non-hydrogen) atoms. The highest BCUT2D eigenvalue weighted by Gasteiger charge is 2.60. The lowest BCUT2D eigenvalue weighted by molar-refractivity contribution is -0.390. The molecule has 182 valence electrons. The highest BCUT2D eigenvalue weighted by Crippen LogP contribution is 2.65. The first kappa shape index (κ1) is 22.9. The molecule has 4 aliphatic rings. The van der Waals surface area contributed by atoms with Crippen LogP contribution in [-0.2, 0) is 16.9 Å². The molecule has 2 atom stereocenters. The topological polar surface area (TPSA) is 151 Å². The summed E-state index contributed by atoms with van der Waals surface area (Å²) in [6.07, 6.45) is 7.94. The summed E-state index contributed by atoms with van der Waals surface area (Å²) < 4.78 is 3.71. The second kappa shape index (κ2) is 8.14. The number of amides is 1. The summed E-state index contributed by atoms with van der Waals surface area (Å²) in [5.41, 5.74) is 0.247. The van der Waals surface area contributed by atoms with E-state index >= 15 is 0 Å². The first-order chi connectivity index (χ1) is 16.1. The fraction of sp³-hybridized carbons (Fsp3) is 0.667. The van der Waals surface area contributed by atoms with E-state index in [0.717, 1.165) is 38.5 Å². The second-order valence-electron chi connectivity index (χ2n) is 10.3. The molecule has 0 aliphatic heterocycles. The van der Waals surface area contributed by atoms with E-state index < -0.39 is 9.85 Å². The van der Waals surface area contributed by atoms with Crippen molar-refractivity contribution in [3.63, 3.8) is 0 Å². The van der Waals surface area contributed by atoms with E-state index in [4.69, 9.17) is 0 Å². The predicted octanol–water partition coefficient (Wildman–Crippen LogP) is 3.47. The highest BCUT2D eigenvalue weighted by atomic mass is 79.9. The SMILES string of the molecule is Cc1cc([N+](=O)[O-])nn1CCNC(=O)CC12CC3CC(C1)CC(n1cc(Br)c([N+](=O)[O-])n1)(C3)C2. The quantitative estimate of drug-likeness (QED) is 0.401. The van der Waals surface area contributed by atoms with Crippen LogP contribution >= 0.6 is 15.9 Å². The van der Waals surface area contributed by atoms with Crippen molar-refractivity contribution in [3.05, 3.63) is 42.7 Å². The molecule has 0 spiro atoms. The Kier molecular flexibility index (Phi) is 5.49. The molecule has 6 rings (SSSR count). The molecule has 1 N–H and O–H groups in total. The number of halogens is 1. The molecule has 2 aromatic heterocycles. The summed E-state index contributed by atoms with van der Waals surface area (Å²) in [5, 5.41) is 33.5. The average Bonchev–Trinajstić information content (AvgIpc) is 3.30. The fourth-order valence-corrected chi connectivity index (χ4v) is 7.52. The van der Waals surface area contributed by atoms with Crippen LogP contribution in [0.15, 0.2) is 16.7 Å². The first-order valence-corrected chi connectivity index (χ1v) is 12.2. The Morgan fingerprint density at radius 3 is 2.50 bits per heavy atom. The molecule has 12 nitrogen and oxygen atoms in total.